The van der Waals surface area contributed by atoms with E-state index in [-0.39, 0.29) is 0 Å². The minimum Gasteiger partial charge on any atom is -0.342 e. The first-order valence-electron chi connectivity index (χ1n) is 14.7. The molecule has 0 aromatic rings. The highest BCUT2D eigenvalue weighted by Crippen LogP contribution is 2.22. The Morgan fingerprint density at radius 3 is 1.35 bits per heavy atom. The first-order valence-corrected chi connectivity index (χ1v) is 14.7. The third kappa shape index (κ3) is 8.22. The van der Waals surface area contributed by atoms with Gasteiger partial charge in [-0.15, -0.1) is 0 Å². The molecule has 2 amide bonds. The average molecular weight is 475 g/mol. The van der Waals surface area contributed by atoms with Gasteiger partial charge in [-0.2, -0.15) is 0 Å². The Balaban J connectivity index is 1.10. The van der Waals surface area contributed by atoms with Crippen molar-refractivity contribution in [2.75, 3.05) is 65.4 Å². The van der Waals surface area contributed by atoms with Crippen LogP contribution in [-0.4, -0.2) is 96.9 Å². The Morgan fingerprint density at radius 2 is 0.941 bits per heavy atom. The van der Waals surface area contributed by atoms with Gasteiger partial charge in [-0.1, -0.05) is 12.8 Å². The van der Waals surface area contributed by atoms with Crippen molar-refractivity contribution < 1.29 is 9.59 Å². The zero-order valence-corrected chi connectivity index (χ0v) is 21.7. The molecule has 0 bridgehead atoms. The number of hydrogen-bond donors (Lipinski definition) is 0. The van der Waals surface area contributed by atoms with Gasteiger partial charge in [-0.3, -0.25) is 9.59 Å². The van der Waals surface area contributed by atoms with Gasteiger partial charge < -0.3 is 19.6 Å². The van der Waals surface area contributed by atoms with E-state index in [4.69, 9.17) is 0 Å². The molecule has 0 radical (unpaired) electrons. The molecule has 194 valence electrons. The summed E-state index contributed by atoms with van der Waals surface area (Å²) in [4.78, 5) is 35.1. The van der Waals surface area contributed by atoms with E-state index in [1.54, 1.807) is 0 Å². The zero-order chi connectivity index (χ0) is 23.6. The predicted octanol–water partition coefficient (Wildman–Crippen LogP) is 4.00. The molecule has 0 saturated carbocycles. The fraction of sp³-hybridized carbons (Fsp3) is 0.929. The van der Waals surface area contributed by atoms with Crippen molar-refractivity contribution in [1.82, 2.24) is 19.6 Å². The summed E-state index contributed by atoms with van der Waals surface area (Å²) < 4.78 is 0. The summed E-state index contributed by atoms with van der Waals surface area (Å²) in [6.45, 7) is 11.1. The fourth-order valence-corrected chi connectivity index (χ4v) is 6.76. The number of nitrogens with zero attached hydrogens (tertiary/aromatic N) is 4. The van der Waals surface area contributed by atoms with Crippen LogP contribution in [0.3, 0.4) is 0 Å². The van der Waals surface area contributed by atoms with Crippen molar-refractivity contribution >= 4 is 11.8 Å². The molecule has 4 fully saturated rings. The molecule has 6 heteroatoms. The summed E-state index contributed by atoms with van der Waals surface area (Å²) in [5.41, 5.74) is 0. The quantitative estimate of drug-likeness (QED) is 0.474. The Labute approximate surface area is 208 Å². The van der Waals surface area contributed by atoms with E-state index >= 15 is 0 Å². The third-order valence-corrected chi connectivity index (χ3v) is 8.70. The van der Waals surface area contributed by atoms with Crippen molar-refractivity contribution in [3.05, 3.63) is 0 Å². The van der Waals surface area contributed by atoms with E-state index in [0.29, 0.717) is 36.5 Å². The Hall–Kier alpha value is -1.14. The number of rotatable bonds is 9. The maximum absolute atomic E-state index is 12.8. The molecule has 0 aromatic carbocycles. The van der Waals surface area contributed by atoms with Gasteiger partial charge in [-0.05, 0) is 102 Å². The van der Waals surface area contributed by atoms with Gasteiger partial charge >= 0.3 is 0 Å². The zero-order valence-electron chi connectivity index (χ0n) is 21.7. The van der Waals surface area contributed by atoms with Crippen LogP contribution in [0, 0.1) is 11.8 Å². The number of unbranched alkanes of at least 4 members (excludes halogenated alkanes) is 1. The summed E-state index contributed by atoms with van der Waals surface area (Å²) >= 11 is 0. The predicted molar refractivity (Wildman–Crippen MR) is 138 cm³/mol. The number of hydrogen-bond acceptors (Lipinski definition) is 4. The summed E-state index contributed by atoms with van der Waals surface area (Å²) in [5.74, 6) is 1.93. The third-order valence-electron chi connectivity index (χ3n) is 8.70. The molecule has 4 aliphatic heterocycles. The van der Waals surface area contributed by atoms with E-state index < -0.39 is 0 Å². The molecule has 2 unspecified atom stereocenters. The van der Waals surface area contributed by atoms with E-state index in [0.717, 1.165) is 51.9 Å². The van der Waals surface area contributed by atoms with E-state index in [2.05, 4.69) is 19.6 Å². The second kappa shape index (κ2) is 13.8. The molecular formula is C28H50N4O2. The molecule has 4 heterocycles. The Kier molecular flexibility index (Phi) is 10.5. The first kappa shape index (κ1) is 25.9. The van der Waals surface area contributed by atoms with Crippen LogP contribution in [0.1, 0.15) is 89.9 Å². The molecule has 0 aromatic heterocycles. The lowest BCUT2D eigenvalue weighted by molar-refractivity contribution is -0.135. The molecule has 0 aliphatic carbocycles. The number of carbonyl (C=O) groups is 2. The Bertz CT molecular complexity index is 576. The number of amides is 2. The summed E-state index contributed by atoms with van der Waals surface area (Å²) in [7, 11) is 0. The topological polar surface area (TPSA) is 47.1 Å². The normalized spacial score (nSPS) is 27.6. The second-order valence-corrected chi connectivity index (χ2v) is 11.6. The highest BCUT2D eigenvalue weighted by molar-refractivity contribution is 5.77. The van der Waals surface area contributed by atoms with Crippen LogP contribution in [0.5, 0.6) is 0 Å². The SMILES string of the molecule is O=C(CCCCC(=O)N1CCCC(CN2CCCCC2)C1)N1CCCC(CN2CCCCC2)C1. The van der Waals surface area contributed by atoms with Gasteiger partial charge in [0, 0.05) is 52.1 Å². The highest BCUT2D eigenvalue weighted by atomic mass is 16.2. The molecule has 0 N–H and O–H groups in total. The van der Waals surface area contributed by atoms with Gasteiger partial charge in [0.15, 0.2) is 0 Å². The van der Waals surface area contributed by atoms with Crippen molar-refractivity contribution in [3.63, 3.8) is 0 Å². The highest BCUT2D eigenvalue weighted by Gasteiger charge is 2.27. The van der Waals surface area contributed by atoms with Crippen LogP contribution in [0.4, 0.5) is 0 Å². The number of piperidine rings is 4. The van der Waals surface area contributed by atoms with E-state index in [1.165, 1.54) is 90.6 Å². The van der Waals surface area contributed by atoms with Crippen LogP contribution in [0.2, 0.25) is 0 Å². The van der Waals surface area contributed by atoms with Gasteiger partial charge in [0.2, 0.25) is 11.8 Å². The standard InChI is InChI=1S/C28H50N4O2/c33-27(31-19-9-11-25(23-31)21-29-15-5-1-6-16-29)13-3-4-14-28(34)32-20-10-12-26(24-32)22-30-17-7-2-8-18-30/h25-26H,1-24H2. The van der Waals surface area contributed by atoms with Crippen LogP contribution in [-0.2, 0) is 9.59 Å². The largest absolute Gasteiger partial charge is 0.342 e. The smallest absolute Gasteiger partial charge is 0.222 e. The minimum atomic E-state index is 0.315. The van der Waals surface area contributed by atoms with Crippen molar-refractivity contribution in [2.45, 2.75) is 89.9 Å². The number of likely N-dealkylation sites (tertiary alicyclic amines) is 4. The number of carbonyl (C=O) groups excluding carboxylic acids is 2. The van der Waals surface area contributed by atoms with Crippen molar-refractivity contribution in [3.8, 4) is 0 Å². The van der Waals surface area contributed by atoms with Gasteiger partial charge in [0.25, 0.3) is 0 Å². The molecule has 4 saturated heterocycles. The maximum atomic E-state index is 12.8. The molecule has 2 atom stereocenters. The molecular weight excluding hydrogens is 424 g/mol. The molecule has 34 heavy (non-hydrogen) atoms. The fourth-order valence-electron chi connectivity index (χ4n) is 6.76. The van der Waals surface area contributed by atoms with Crippen LogP contribution in [0.25, 0.3) is 0 Å². The lowest BCUT2D eigenvalue weighted by Crippen LogP contribution is -2.45. The van der Waals surface area contributed by atoms with Gasteiger partial charge in [0.1, 0.15) is 0 Å². The Morgan fingerprint density at radius 1 is 0.529 bits per heavy atom. The lowest BCUT2D eigenvalue weighted by atomic mass is 9.95. The summed E-state index contributed by atoms with van der Waals surface area (Å²) in [5, 5.41) is 0. The van der Waals surface area contributed by atoms with Gasteiger partial charge in [0.05, 0.1) is 0 Å². The summed E-state index contributed by atoms with van der Waals surface area (Å²) in [6.07, 6.45) is 15.9. The van der Waals surface area contributed by atoms with Crippen molar-refractivity contribution in [1.29, 1.82) is 0 Å². The minimum absolute atomic E-state index is 0.315. The van der Waals surface area contributed by atoms with Gasteiger partial charge in [-0.25, -0.2) is 0 Å². The van der Waals surface area contributed by atoms with Crippen LogP contribution < -0.4 is 0 Å². The maximum Gasteiger partial charge on any atom is 0.222 e. The summed E-state index contributed by atoms with van der Waals surface area (Å²) in [6, 6.07) is 0. The van der Waals surface area contributed by atoms with Crippen LogP contribution in [0.15, 0.2) is 0 Å². The monoisotopic (exact) mass is 474 g/mol. The lowest BCUT2D eigenvalue weighted by Gasteiger charge is -2.37. The second-order valence-electron chi connectivity index (χ2n) is 11.6. The van der Waals surface area contributed by atoms with E-state index in [9.17, 15) is 9.59 Å². The van der Waals surface area contributed by atoms with Crippen LogP contribution >= 0.6 is 0 Å². The molecule has 4 rings (SSSR count). The molecule has 4 aliphatic rings. The molecule has 6 nitrogen and oxygen atoms in total. The van der Waals surface area contributed by atoms with E-state index in [1.807, 2.05) is 0 Å². The molecule has 0 spiro atoms. The average Bonchev–Trinajstić information content (AvgIpc) is 2.88. The van der Waals surface area contributed by atoms with Crippen molar-refractivity contribution in [2.24, 2.45) is 11.8 Å². The first-order chi connectivity index (χ1) is 16.7.